The van der Waals surface area contributed by atoms with E-state index in [9.17, 15) is 0 Å². The maximum absolute atomic E-state index is 5.26. The molecule has 0 aliphatic heterocycles. The van der Waals surface area contributed by atoms with Crippen molar-refractivity contribution in [1.29, 1.82) is 0 Å². The Morgan fingerprint density at radius 3 is 1.62 bits per heavy atom. The first kappa shape index (κ1) is 16.4. The van der Waals surface area contributed by atoms with E-state index in [1.807, 2.05) is 12.1 Å². The van der Waals surface area contributed by atoms with Gasteiger partial charge in [0.25, 0.3) is 0 Å². The summed E-state index contributed by atoms with van der Waals surface area (Å²) in [5.74, 6) is 0.892. The number of nitrogens with zero attached hydrogens (tertiary/aromatic N) is 1. The lowest BCUT2D eigenvalue weighted by molar-refractivity contribution is 0.414. The summed E-state index contributed by atoms with van der Waals surface area (Å²) in [7, 11) is 1.70. The van der Waals surface area contributed by atoms with Crippen molar-refractivity contribution in [2.75, 3.05) is 7.11 Å². The summed E-state index contributed by atoms with van der Waals surface area (Å²) >= 11 is 0. The molecule has 0 atom stereocenters. The standard InChI is InChI=1S/C22H25NO/c1-16-6-7-17(2)23(16)20-12-8-18(9-13-20)22(3,4)19-10-14-21(24-5)15-11-19/h6-15H,1-5H3. The Bertz CT molecular complexity index is 804. The molecule has 0 amide bonds. The minimum atomic E-state index is -0.0500. The summed E-state index contributed by atoms with van der Waals surface area (Å²) in [5, 5.41) is 0. The number of hydrogen-bond acceptors (Lipinski definition) is 1. The zero-order valence-corrected chi connectivity index (χ0v) is 15.1. The molecule has 3 aromatic rings. The van der Waals surface area contributed by atoms with Crippen molar-refractivity contribution in [3.8, 4) is 11.4 Å². The highest BCUT2D eigenvalue weighted by molar-refractivity contribution is 5.45. The summed E-state index contributed by atoms with van der Waals surface area (Å²) in [6.07, 6.45) is 0. The Labute approximate surface area is 144 Å². The van der Waals surface area contributed by atoms with Crippen LogP contribution in [0.2, 0.25) is 0 Å². The van der Waals surface area contributed by atoms with Crippen LogP contribution in [-0.2, 0) is 5.41 Å². The lowest BCUT2D eigenvalue weighted by atomic mass is 9.78. The molecule has 1 aromatic heterocycles. The average Bonchev–Trinajstić information content (AvgIpc) is 2.93. The maximum Gasteiger partial charge on any atom is 0.118 e. The van der Waals surface area contributed by atoms with E-state index in [1.54, 1.807) is 7.11 Å². The SMILES string of the molecule is COc1ccc(C(C)(C)c2ccc(-n3c(C)ccc3C)cc2)cc1. The zero-order chi connectivity index (χ0) is 17.3. The first-order valence-electron chi connectivity index (χ1n) is 8.34. The van der Waals surface area contributed by atoms with Crippen LogP contribution in [0.3, 0.4) is 0 Å². The van der Waals surface area contributed by atoms with E-state index >= 15 is 0 Å². The molecule has 0 radical (unpaired) electrons. The molecule has 124 valence electrons. The van der Waals surface area contributed by atoms with Gasteiger partial charge in [-0.3, -0.25) is 0 Å². The van der Waals surface area contributed by atoms with Gasteiger partial charge in [0.15, 0.2) is 0 Å². The van der Waals surface area contributed by atoms with Gasteiger partial charge in [-0.25, -0.2) is 0 Å². The number of ether oxygens (including phenoxy) is 1. The topological polar surface area (TPSA) is 14.2 Å². The van der Waals surface area contributed by atoms with Crippen LogP contribution in [0.4, 0.5) is 0 Å². The molecule has 24 heavy (non-hydrogen) atoms. The molecule has 2 heteroatoms. The molecule has 0 fully saturated rings. The van der Waals surface area contributed by atoms with E-state index in [2.05, 4.69) is 80.8 Å². The number of aromatic nitrogens is 1. The number of benzene rings is 2. The fourth-order valence-corrected chi connectivity index (χ4v) is 3.28. The van der Waals surface area contributed by atoms with Gasteiger partial charge < -0.3 is 9.30 Å². The van der Waals surface area contributed by atoms with Crippen LogP contribution in [0.15, 0.2) is 60.7 Å². The normalized spacial score (nSPS) is 11.5. The van der Waals surface area contributed by atoms with Crippen LogP contribution in [0, 0.1) is 13.8 Å². The summed E-state index contributed by atoms with van der Waals surface area (Å²) < 4.78 is 7.55. The summed E-state index contributed by atoms with van der Waals surface area (Å²) in [5.41, 5.74) is 6.27. The van der Waals surface area contributed by atoms with Crippen LogP contribution in [0.5, 0.6) is 5.75 Å². The van der Waals surface area contributed by atoms with Gasteiger partial charge in [-0.15, -0.1) is 0 Å². The second-order valence-electron chi connectivity index (χ2n) is 6.85. The van der Waals surface area contributed by atoms with Gasteiger partial charge in [-0.2, -0.15) is 0 Å². The van der Waals surface area contributed by atoms with Crippen molar-refractivity contribution < 1.29 is 4.74 Å². The van der Waals surface area contributed by atoms with Crippen molar-refractivity contribution in [2.24, 2.45) is 0 Å². The lowest BCUT2D eigenvalue weighted by Crippen LogP contribution is -2.18. The fourth-order valence-electron chi connectivity index (χ4n) is 3.28. The van der Waals surface area contributed by atoms with Gasteiger partial charge in [0, 0.05) is 22.5 Å². The monoisotopic (exact) mass is 319 g/mol. The summed E-state index contributed by atoms with van der Waals surface area (Å²) in [4.78, 5) is 0. The predicted octanol–water partition coefficient (Wildman–Crippen LogP) is 5.43. The van der Waals surface area contributed by atoms with Gasteiger partial charge in [-0.05, 0) is 61.4 Å². The van der Waals surface area contributed by atoms with Crippen molar-refractivity contribution in [2.45, 2.75) is 33.1 Å². The van der Waals surface area contributed by atoms with Gasteiger partial charge in [0.2, 0.25) is 0 Å². The van der Waals surface area contributed by atoms with Crippen LogP contribution < -0.4 is 4.74 Å². The molecule has 3 rings (SSSR count). The van der Waals surface area contributed by atoms with Crippen LogP contribution in [-0.4, -0.2) is 11.7 Å². The Morgan fingerprint density at radius 1 is 0.708 bits per heavy atom. The molecule has 2 nitrogen and oxygen atoms in total. The van der Waals surface area contributed by atoms with Gasteiger partial charge in [-0.1, -0.05) is 38.1 Å². The Hall–Kier alpha value is -2.48. The fraction of sp³-hybridized carbons (Fsp3) is 0.273. The largest absolute Gasteiger partial charge is 0.497 e. The highest BCUT2D eigenvalue weighted by Gasteiger charge is 2.23. The molecule has 0 spiro atoms. The Morgan fingerprint density at radius 2 is 1.17 bits per heavy atom. The van der Waals surface area contributed by atoms with E-state index in [0.717, 1.165) is 5.75 Å². The summed E-state index contributed by atoms with van der Waals surface area (Å²) in [6.45, 7) is 8.80. The first-order valence-corrected chi connectivity index (χ1v) is 8.34. The highest BCUT2D eigenvalue weighted by atomic mass is 16.5. The smallest absolute Gasteiger partial charge is 0.118 e. The van der Waals surface area contributed by atoms with E-state index in [4.69, 9.17) is 4.74 Å². The van der Waals surface area contributed by atoms with E-state index in [-0.39, 0.29) is 5.41 Å². The second kappa shape index (κ2) is 6.20. The van der Waals surface area contributed by atoms with Gasteiger partial charge in [0.1, 0.15) is 5.75 Å². The number of aryl methyl sites for hydroxylation is 2. The van der Waals surface area contributed by atoms with Crippen LogP contribution >= 0.6 is 0 Å². The quantitative estimate of drug-likeness (QED) is 0.625. The number of hydrogen-bond donors (Lipinski definition) is 0. The predicted molar refractivity (Wildman–Crippen MR) is 100 cm³/mol. The maximum atomic E-state index is 5.26. The zero-order valence-electron chi connectivity index (χ0n) is 15.1. The summed E-state index contributed by atoms with van der Waals surface area (Å²) in [6, 6.07) is 21.5. The molecule has 0 unspecified atom stereocenters. The molecule has 1 heterocycles. The van der Waals surface area contributed by atoms with E-state index < -0.39 is 0 Å². The minimum Gasteiger partial charge on any atom is -0.497 e. The average molecular weight is 319 g/mol. The molecular formula is C22H25NO. The van der Waals surface area contributed by atoms with E-state index in [1.165, 1.54) is 28.2 Å². The van der Waals surface area contributed by atoms with Crippen molar-refractivity contribution >= 4 is 0 Å². The molecule has 0 N–H and O–H groups in total. The Balaban J connectivity index is 1.94. The highest BCUT2D eigenvalue weighted by Crippen LogP contribution is 2.33. The second-order valence-corrected chi connectivity index (χ2v) is 6.85. The molecule has 0 bridgehead atoms. The van der Waals surface area contributed by atoms with Crippen molar-refractivity contribution in [1.82, 2.24) is 4.57 Å². The lowest BCUT2D eigenvalue weighted by Gasteiger charge is -2.26. The van der Waals surface area contributed by atoms with Gasteiger partial charge in [0.05, 0.1) is 7.11 Å². The first-order chi connectivity index (χ1) is 11.4. The Kier molecular flexibility index (Phi) is 4.23. The molecule has 2 aromatic carbocycles. The van der Waals surface area contributed by atoms with Crippen LogP contribution in [0.25, 0.3) is 5.69 Å². The van der Waals surface area contributed by atoms with Crippen molar-refractivity contribution in [3.63, 3.8) is 0 Å². The van der Waals surface area contributed by atoms with Crippen molar-refractivity contribution in [3.05, 3.63) is 83.2 Å². The molecule has 0 saturated carbocycles. The number of rotatable bonds is 4. The van der Waals surface area contributed by atoms with E-state index in [0.29, 0.717) is 0 Å². The van der Waals surface area contributed by atoms with Gasteiger partial charge >= 0.3 is 0 Å². The molecular weight excluding hydrogens is 294 g/mol. The molecule has 0 aliphatic rings. The minimum absolute atomic E-state index is 0.0500. The molecule has 0 saturated heterocycles. The third kappa shape index (κ3) is 2.84. The number of methoxy groups -OCH3 is 1. The third-order valence-corrected chi connectivity index (χ3v) is 4.93. The molecule has 0 aliphatic carbocycles. The van der Waals surface area contributed by atoms with Crippen LogP contribution in [0.1, 0.15) is 36.4 Å². The third-order valence-electron chi connectivity index (χ3n) is 4.93.